The molecule has 2 aliphatic rings. The fourth-order valence-corrected chi connectivity index (χ4v) is 5.50. The van der Waals surface area contributed by atoms with Gasteiger partial charge in [0.1, 0.15) is 21.8 Å². The highest BCUT2D eigenvalue weighted by molar-refractivity contribution is 8.26. The van der Waals surface area contributed by atoms with Crippen LogP contribution >= 0.6 is 24.0 Å². The van der Waals surface area contributed by atoms with Crippen LogP contribution in [0.4, 0.5) is 5.82 Å². The first-order valence-electron chi connectivity index (χ1n) is 11.7. The second-order valence-electron chi connectivity index (χ2n) is 8.30. The Bertz CT molecular complexity index is 1040. The lowest BCUT2D eigenvalue weighted by Crippen LogP contribution is -2.41. The lowest BCUT2D eigenvalue weighted by Gasteiger charge is -2.33. The third-order valence-corrected chi connectivity index (χ3v) is 7.37. The van der Waals surface area contributed by atoms with Crippen LogP contribution in [0, 0.1) is 18.3 Å². The number of nitriles is 1. The molecule has 7 nitrogen and oxygen atoms in total. The maximum absolute atomic E-state index is 13.2. The summed E-state index contributed by atoms with van der Waals surface area (Å²) in [5, 5.41) is 9.74. The van der Waals surface area contributed by atoms with E-state index >= 15 is 0 Å². The number of ether oxygens (including phenoxy) is 1. The summed E-state index contributed by atoms with van der Waals surface area (Å²) in [6.07, 6.45) is 6.85. The molecule has 0 bridgehead atoms. The third-order valence-electron chi connectivity index (χ3n) is 5.99. The molecule has 0 spiro atoms. The number of nitrogens with zero attached hydrogens (tertiary/aromatic N) is 4. The predicted molar refractivity (Wildman–Crippen MR) is 137 cm³/mol. The third kappa shape index (κ3) is 5.51. The van der Waals surface area contributed by atoms with Crippen LogP contribution in [0.15, 0.2) is 9.70 Å². The summed E-state index contributed by atoms with van der Waals surface area (Å²) in [6.45, 7) is 9.50. The minimum Gasteiger partial charge on any atom is -0.378 e. The first-order chi connectivity index (χ1) is 15.9. The van der Waals surface area contributed by atoms with Crippen molar-refractivity contribution in [2.45, 2.75) is 59.4 Å². The number of unbranched alkanes of at least 4 members (excludes halogenated alkanes) is 3. The zero-order valence-electron chi connectivity index (χ0n) is 19.7. The molecule has 0 aromatic carbocycles. The molecule has 3 rings (SSSR count). The number of anilines is 1. The summed E-state index contributed by atoms with van der Waals surface area (Å²) in [4.78, 5) is 30.7. The lowest BCUT2D eigenvalue weighted by atomic mass is 10.0. The maximum atomic E-state index is 13.2. The van der Waals surface area contributed by atoms with Crippen molar-refractivity contribution in [2.24, 2.45) is 0 Å². The molecule has 1 amide bonds. The van der Waals surface area contributed by atoms with E-state index in [0.717, 1.165) is 43.5 Å². The Balaban J connectivity index is 2.08. The molecule has 2 fully saturated rings. The molecule has 0 saturated carbocycles. The molecule has 33 heavy (non-hydrogen) atoms. The van der Waals surface area contributed by atoms with E-state index in [4.69, 9.17) is 17.0 Å². The maximum Gasteiger partial charge on any atom is 0.270 e. The topological polar surface area (TPSA) is 78.6 Å². The quantitative estimate of drug-likeness (QED) is 0.295. The van der Waals surface area contributed by atoms with Crippen LogP contribution in [-0.4, -0.2) is 52.5 Å². The molecule has 0 aliphatic carbocycles. The van der Waals surface area contributed by atoms with Gasteiger partial charge < -0.3 is 9.64 Å². The van der Waals surface area contributed by atoms with Gasteiger partial charge in [0.2, 0.25) is 0 Å². The zero-order chi connectivity index (χ0) is 24.0. The Labute approximate surface area is 205 Å². The Kier molecular flexibility index (Phi) is 9.12. The van der Waals surface area contributed by atoms with Gasteiger partial charge in [-0.1, -0.05) is 57.1 Å². The highest BCUT2D eigenvalue weighted by Gasteiger charge is 2.33. The van der Waals surface area contributed by atoms with Crippen LogP contribution in [0.3, 0.4) is 0 Å². The Morgan fingerprint density at radius 1 is 1.12 bits per heavy atom. The first kappa shape index (κ1) is 25.5. The van der Waals surface area contributed by atoms with Gasteiger partial charge in [0.25, 0.3) is 11.5 Å². The number of pyridine rings is 1. The SMILES string of the molecule is CCCCCCN1C(=O)C(=Cc2c(C)c(C#N)c(=O)n(CCC)c2N2CCOCC2)SC1=S. The van der Waals surface area contributed by atoms with E-state index in [1.165, 1.54) is 11.8 Å². The van der Waals surface area contributed by atoms with Gasteiger partial charge in [0.05, 0.1) is 18.1 Å². The molecule has 3 heterocycles. The highest BCUT2D eigenvalue weighted by atomic mass is 32.2. The Morgan fingerprint density at radius 2 is 1.85 bits per heavy atom. The molecule has 0 radical (unpaired) electrons. The lowest BCUT2D eigenvalue weighted by molar-refractivity contribution is -0.122. The molecule has 2 saturated heterocycles. The van der Waals surface area contributed by atoms with E-state index in [2.05, 4.69) is 17.9 Å². The van der Waals surface area contributed by atoms with Gasteiger partial charge in [-0.3, -0.25) is 19.1 Å². The number of thioether (sulfide) groups is 1. The van der Waals surface area contributed by atoms with Crippen LogP contribution in [-0.2, 0) is 16.1 Å². The molecule has 178 valence electrons. The Morgan fingerprint density at radius 3 is 2.48 bits per heavy atom. The summed E-state index contributed by atoms with van der Waals surface area (Å²) in [5.74, 6) is 0.662. The number of rotatable bonds is 9. The number of morpholine rings is 1. The van der Waals surface area contributed by atoms with Crippen molar-refractivity contribution in [1.82, 2.24) is 9.47 Å². The van der Waals surface area contributed by atoms with E-state index in [0.29, 0.717) is 54.2 Å². The van der Waals surface area contributed by atoms with Crippen molar-refractivity contribution >= 4 is 46.1 Å². The molecule has 0 N–H and O–H groups in total. The summed E-state index contributed by atoms with van der Waals surface area (Å²) < 4.78 is 7.78. The standard InChI is InChI=1S/C24H32N4O3S2/c1-4-6-7-8-10-28-23(30)20(33-24(28)32)15-18-17(3)19(16-25)22(29)27(9-5-2)21(18)26-11-13-31-14-12-26/h15H,4-14H2,1-3H3. The van der Waals surface area contributed by atoms with Crippen molar-refractivity contribution in [3.8, 4) is 6.07 Å². The number of hydrogen-bond donors (Lipinski definition) is 0. The van der Waals surface area contributed by atoms with Crippen LogP contribution in [0.5, 0.6) is 0 Å². The van der Waals surface area contributed by atoms with Crippen molar-refractivity contribution in [2.75, 3.05) is 37.7 Å². The van der Waals surface area contributed by atoms with E-state index in [1.807, 2.05) is 13.0 Å². The van der Waals surface area contributed by atoms with Gasteiger partial charge in [0.15, 0.2) is 0 Å². The largest absolute Gasteiger partial charge is 0.378 e. The molecular formula is C24H32N4O3S2. The molecule has 0 unspecified atom stereocenters. The minimum absolute atomic E-state index is 0.0967. The first-order valence-corrected chi connectivity index (χ1v) is 12.9. The number of carbonyl (C=O) groups is 1. The van der Waals surface area contributed by atoms with Gasteiger partial charge >= 0.3 is 0 Å². The van der Waals surface area contributed by atoms with E-state index < -0.39 is 0 Å². The average Bonchev–Trinajstić information content (AvgIpc) is 3.08. The summed E-state index contributed by atoms with van der Waals surface area (Å²) in [6, 6.07) is 2.09. The van der Waals surface area contributed by atoms with Crippen molar-refractivity contribution < 1.29 is 9.53 Å². The fraction of sp³-hybridized carbons (Fsp3) is 0.583. The zero-order valence-corrected chi connectivity index (χ0v) is 21.3. The normalized spacial score (nSPS) is 17.8. The molecule has 9 heteroatoms. The van der Waals surface area contributed by atoms with E-state index in [-0.39, 0.29) is 17.0 Å². The van der Waals surface area contributed by atoms with Gasteiger partial charge in [-0.25, -0.2) is 0 Å². The van der Waals surface area contributed by atoms with Crippen LogP contribution < -0.4 is 10.5 Å². The number of amides is 1. The molecule has 1 aromatic rings. The second kappa shape index (κ2) is 11.8. The molecular weight excluding hydrogens is 456 g/mol. The summed E-state index contributed by atoms with van der Waals surface area (Å²) in [5.41, 5.74) is 1.19. The average molecular weight is 489 g/mol. The summed E-state index contributed by atoms with van der Waals surface area (Å²) in [7, 11) is 0. The smallest absolute Gasteiger partial charge is 0.270 e. The monoisotopic (exact) mass is 488 g/mol. The minimum atomic E-state index is -0.279. The van der Waals surface area contributed by atoms with Gasteiger partial charge in [-0.2, -0.15) is 5.26 Å². The van der Waals surface area contributed by atoms with Gasteiger partial charge in [-0.15, -0.1) is 0 Å². The van der Waals surface area contributed by atoms with Crippen LogP contribution in [0.2, 0.25) is 0 Å². The predicted octanol–water partition coefficient (Wildman–Crippen LogP) is 4.06. The number of aromatic nitrogens is 1. The Hall–Kier alpha value is -2.15. The summed E-state index contributed by atoms with van der Waals surface area (Å²) >= 11 is 6.81. The van der Waals surface area contributed by atoms with Crippen molar-refractivity contribution in [3.05, 3.63) is 31.9 Å². The molecule has 2 aliphatic heterocycles. The number of hydrogen-bond acceptors (Lipinski definition) is 7. The number of carbonyl (C=O) groups excluding carboxylic acids is 1. The molecule has 1 aromatic heterocycles. The van der Waals surface area contributed by atoms with Crippen molar-refractivity contribution in [1.29, 1.82) is 5.26 Å². The van der Waals surface area contributed by atoms with Crippen molar-refractivity contribution in [3.63, 3.8) is 0 Å². The van der Waals surface area contributed by atoms with Crippen LogP contribution in [0.25, 0.3) is 6.08 Å². The van der Waals surface area contributed by atoms with Gasteiger partial charge in [0, 0.05) is 31.7 Å². The second-order valence-corrected chi connectivity index (χ2v) is 9.98. The van der Waals surface area contributed by atoms with E-state index in [1.54, 1.807) is 16.4 Å². The van der Waals surface area contributed by atoms with Crippen LogP contribution in [0.1, 0.15) is 62.6 Å². The number of thiocarbonyl (C=S) groups is 1. The highest BCUT2D eigenvalue weighted by Crippen LogP contribution is 2.36. The molecule has 0 atom stereocenters. The van der Waals surface area contributed by atoms with E-state index in [9.17, 15) is 14.9 Å². The fourth-order valence-electron chi connectivity index (χ4n) is 4.21. The van der Waals surface area contributed by atoms with Gasteiger partial charge in [-0.05, 0) is 31.4 Å².